The van der Waals surface area contributed by atoms with Crippen molar-refractivity contribution in [2.24, 2.45) is 0 Å². The maximum atomic E-state index is 11.6. The molecule has 0 aliphatic rings. The predicted molar refractivity (Wildman–Crippen MR) is 59.3 cm³/mol. The third kappa shape index (κ3) is 5.19. The highest BCUT2D eigenvalue weighted by atomic mass is 16.2. The van der Waals surface area contributed by atoms with Crippen LogP contribution in [0.2, 0.25) is 0 Å². The van der Waals surface area contributed by atoms with Gasteiger partial charge in [-0.25, -0.2) is 0 Å². The highest BCUT2D eigenvalue weighted by molar-refractivity contribution is 5.81. The van der Waals surface area contributed by atoms with Crippen LogP contribution in [0, 0.1) is 0 Å². The van der Waals surface area contributed by atoms with Gasteiger partial charge in [-0.1, -0.05) is 0 Å². The van der Waals surface area contributed by atoms with Crippen molar-refractivity contribution in [3.63, 3.8) is 0 Å². The zero-order valence-electron chi connectivity index (χ0n) is 10.0. The molecule has 0 heterocycles. The van der Waals surface area contributed by atoms with E-state index < -0.39 is 0 Å². The zero-order valence-corrected chi connectivity index (χ0v) is 10.0. The fourth-order valence-corrected chi connectivity index (χ4v) is 1.08. The Balaban J connectivity index is 3.73. The van der Waals surface area contributed by atoms with E-state index >= 15 is 0 Å². The van der Waals surface area contributed by atoms with Gasteiger partial charge in [0, 0.05) is 26.7 Å². The summed E-state index contributed by atoms with van der Waals surface area (Å²) in [5.74, 6) is 0.159. The highest BCUT2D eigenvalue weighted by Crippen LogP contribution is 1.90. The Hall–Kier alpha value is -0.610. The number of likely N-dealkylation sites (N-methyl/N-ethyl adjacent to an activating group) is 2. The molecule has 1 amide bonds. The third-order valence-corrected chi connectivity index (χ3v) is 2.23. The van der Waals surface area contributed by atoms with Crippen molar-refractivity contribution in [3.8, 4) is 0 Å². The van der Waals surface area contributed by atoms with E-state index in [0.29, 0.717) is 0 Å². The van der Waals surface area contributed by atoms with Crippen LogP contribution in [0.5, 0.6) is 0 Å². The number of hydrogen-bond donors (Lipinski definition) is 1. The van der Waals surface area contributed by atoms with Crippen LogP contribution in [0.3, 0.4) is 0 Å². The van der Waals surface area contributed by atoms with E-state index in [1.54, 1.807) is 4.90 Å². The maximum absolute atomic E-state index is 11.6. The average Bonchev–Trinajstić information content (AvgIpc) is 2.14. The molecule has 0 fully saturated rings. The van der Waals surface area contributed by atoms with E-state index in [2.05, 4.69) is 10.2 Å². The molecule has 0 radical (unpaired) electrons. The van der Waals surface area contributed by atoms with Gasteiger partial charge < -0.3 is 15.1 Å². The van der Waals surface area contributed by atoms with Crippen LogP contribution in [0.1, 0.15) is 13.8 Å². The highest BCUT2D eigenvalue weighted by Gasteiger charge is 2.14. The number of nitrogens with zero attached hydrogens (tertiary/aromatic N) is 2. The van der Waals surface area contributed by atoms with Crippen LogP contribution >= 0.6 is 0 Å². The number of carbonyl (C=O) groups is 1. The van der Waals surface area contributed by atoms with E-state index in [1.807, 2.05) is 35.0 Å². The van der Waals surface area contributed by atoms with Crippen molar-refractivity contribution in [2.75, 3.05) is 40.8 Å². The lowest BCUT2D eigenvalue weighted by Gasteiger charge is -2.21. The normalized spacial score (nSPS) is 13.0. The Morgan fingerprint density at radius 3 is 2.36 bits per heavy atom. The summed E-state index contributed by atoms with van der Waals surface area (Å²) in [4.78, 5) is 15.4. The average molecular weight is 201 g/mol. The minimum absolute atomic E-state index is 0.0834. The van der Waals surface area contributed by atoms with E-state index in [1.165, 1.54) is 0 Å². The molecule has 1 unspecified atom stereocenters. The lowest BCUT2D eigenvalue weighted by molar-refractivity contribution is -0.131. The zero-order chi connectivity index (χ0) is 11.1. The molecule has 4 heteroatoms. The van der Waals surface area contributed by atoms with Crippen LogP contribution in [-0.2, 0) is 4.79 Å². The molecule has 0 aromatic heterocycles. The smallest absolute Gasteiger partial charge is 0.239 e. The quantitative estimate of drug-likeness (QED) is 0.657. The van der Waals surface area contributed by atoms with Gasteiger partial charge in [0.1, 0.15) is 0 Å². The van der Waals surface area contributed by atoms with E-state index in [-0.39, 0.29) is 11.9 Å². The van der Waals surface area contributed by atoms with E-state index in [0.717, 1.165) is 19.6 Å². The Bertz CT molecular complexity index is 171. The molecule has 0 aliphatic heterocycles. The lowest BCUT2D eigenvalue weighted by Crippen LogP contribution is -2.44. The molecule has 0 saturated heterocycles. The standard InChI is InChI=1S/C10H23N3O/c1-6-13(5)10(14)9(2)11-7-8-12(3)4/h9,11H,6-8H2,1-5H3. The van der Waals surface area contributed by atoms with Gasteiger partial charge in [0.05, 0.1) is 6.04 Å². The van der Waals surface area contributed by atoms with E-state index in [9.17, 15) is 4.79 Å². The van der Waals surface area contributed by atoms with Crippen molar-refractivity contribution in [1.82, 2.24) is 15.1 Å². The van der Waals surface area contributed by atoms with Gasteiger partial charge in [0.15, 0.2) is 0 Å². The lowest BCUT2D eigenvalue weighted by atomic mass is 10.3. The second-order valence-electron chi connectivity index (χ2n) is 3.83. The molecule has 0 spiro atoms. The number of nitrogens with one attached hydrogen (secondary N) is 1. The van der Waals surface area contributed by atoms with Crippen molar-refractivity contribution >= 4 is 5.91 Å². The molecule has 1 N–H and O–H groups in total. The molecule has 84 valence electrons. The molecule has 4 nitrogen and oxygen atoms in total. The van der Waals surface area contributed by atoms with E-state index in [4.69, 9.17) is 0 Å². The van der Waals surface area contributed by atoms with Crippen LogP contribution in [0.15, 0.2) is 0 Å². The van der Waals surface area contributed by atoms with Crippen LogP contribution in [0.25, 0.3) is 0 Å². The first-order valence-electron chi connectivity index (χ1n) is 5.12. The molecular weight excluding hydrogens is 178 g/mol. The monoisotopic (exact) mass is 201 g/mol. The number of hydrogen-bond acceptors (Lipinski definition) is 3. The summed E-state index contributed by atoms with van der Waals surface area (Å²) in [5, 5.41) is 3.20. The number of rotatable bonds is 6. The fourth-order valence-electron chi connectivity index (χ4n) is 1.08. The molecule has 0 saturated carbocycles. The van der Waals surface area contributed by atoms with Crippen LogP contribution < -0.4 is 5.32 Å². The second kappa shape index (κ2) is 6.79. The summed E-state index contributed by atoms with van der Waals surface area (Å²) in [6, 6.07) is -0.0834. The maximum Gasteiger partial charge on any atom is 0.239 e. The van der Waals surface area contributed by atoms with Gasteiger partial charge in [-0.05, 0) is 27.9 Å². The molecule has 0 aliphatic carbocycles. The topological polar surface area (TPSA) is 35.6 Å². The minimum atomic E-state index is -0.0834. The Kier molecular flexibility index (Phi) is 6.49. The third-order valence-electron chi connectivity index (χ3n) is 2.23. The first kappa shape index (κ1) is 13.4. The van der Waals surface area contributed by atoms with Crippen molar-refractivity contribution in [1.29, 1.82) is 0 Å². The van der Waals surface area contributed by atoms with Crippen molar-refractivity contribution in [3.05, 3.63) is 0 Å². The summed E-state index contributed by atoms with van der Waals surface area (Å²) in [5.41, 5.74) is 0. The van der Waals surface area contributed by atoms with Gasteiger partial charge in [-0.15, -0.1) is 0 Å². The largest absolute Gasteiger partial charge is 0.345 e. The first-order chi connectivity index (χ1) is 6.49. The summed E-state index contributed by atoms with van der Waals surface area (Å²) in [7, 11) is 5.87. The summed E-state index contributed by atoms with van der Waals surface area (Å²) in [6.45, 7) is 6.44. The first-order valence-corrected chi connectivity index (χ1v) is 5.12. The van der Waals surface area contributed by atoms with Gasteiger partial charge in [-0.3, -0.25) is 4.79 Å². The minimum Gasteiger partial charge on any atom is -0.345 e. The van der Waals surface area contributed by atoms with Gasteiger partial charge in [0.2, 0.25) is 5.91 Å². The van der Waals surface area contributed by atoms with Crippen LogP contribution in [0.4, 0.5) is 0 Å². The van der Waals surface area contributed by atoms with Crippen molar-refractivity contribution in [2.45, 2.75) is 19.9 Å². The Morgan fingerprint density at radius 2 is 1.93 bits per heavy atom. The van der Waals surface area contributed by atoms with Gasteiger partial charge >= 0.3 is 0 Å². The fraction of sp³-hybridized carbons (Fsp3) is 0.900. The molecule has 1 atom stereocenters. The SMILES string of the molecule is CCN(C)C(=O)C(C)NCCN(C)C. The Morgan fingerprint density at radius 1 is 1.36 bits per heavy atom. The summed E-state index contributed by atoms with van der Waals surface area (Å²) >= 11 is 0. The van der Waals surface area contributed by atoms with Gasteiger partial charge in [0.25, 0.3) is 0 Å². The van der Waals surface area contributed by atoms with Gasteiger partial charge in [-0.2, -0.15) is 0 Å². The summed E-state index contributed by atoms with van der Waals surface area (Å²) in [6.07, 6.45) is 0. The molecular formula is C10H23N3O. The molecule has 0 aromatic rings. The molecule has 0 aromatic carbocycles. The second-order valence-corrected chi connectivity index (χ2v) is 3.83. The number of carbonyl (C=O) groups excluding carboxylic acids is 1. The predicted octanol–water partition coefficient (Wildman–Crippen LogP) is 0.00440. The van der Waals surface area contributed by atoms with Crippen LogP contribution in [-0.4, -0.2) is 62.5 Å². The Labute approximate surface area is 87.3 Å². The summed E-state index contributed by atoms with van der Waals surface area (Å²) < 4.78 is 0. The molecule has 0 rings (SSSR count). The van der Waals surface area contributed by atoms with Crippen molar-refractivity contribution < 1.29 is 4.79 Å². The number of amides is 1. The molecule has 14 heavy (non-hydrogen) atoms. The molecule has 0 bridgehead atoms.